The number of nitro groups is 1. The molecule has 0 saturated carbocycles. The fourth-order valence-corrected chi connectivity index (χ4v) is 1.89. The fraction of sp³-hybridized carbons (Fsp3) is 0.250. The molecule has 0 aliphatic heterocycles. The van der Waals surface area contributed by atoms with Crippen molar-refractivity contribution >= 4 is 28.8 Å². The van der Waals surface area contributed by atoms with Crippen molar-refractivity contribution < 1.29 is 14.5 Å². The smallest absolute Gasteiger partial charge is 0.412 e. The molecule has 0 aliphatic rings. The first-order valence-corrected chi connectivity index (χ1v) is 7.20. The Kier molecular flexibility index (Phi) is 4.98. The van der Waals surface area contributed by atoms with Crippen LogP contribution in [0.4, 0.5) is 27.5 Å². The van der Waals surface area contributed by atoms with Crippen LogP contribution in [0.2, 0.25) is 0 Å². The molecule has 0 aliphatic carbocycles. The third kappa shape index (κ3) is 4.94. The Balaban J connectivity index is 2.14. The standard InChI is InChI=1S/C16H18N4O4/c1-16(2,3)24-15(21)19-12-6-4-5-11(9-12)18-13-10-17-8-7-14(13)20(22)23/h4-10,18H,1-3H3,(H,19,21). The highest BCUT2D eigenvalue weighted by Gasteiger charge is 2.17. The van der Waals surface area contributed by atoms with Gasteiger partial charge in [0.05, 0.1) is 11.1 Å². The second kappa shape index (κ2) is 6.95. The van der Waals surface area contributed by atoms with Crippen molar-refractivity contribution in [2.24, 2.45) is 0 Å². The molecule has 0 saturated heterocycles. The number of carbonyl (C=O) groups excluding carboxylic acids is 1. The normalized spacial score (nSPS) is 10.8. The lowest BCUT2D eigenvalue weighted by Gasteiger charge is -2.19. The molecule has 2 N–H and O–H groups in total. The van der Waals surface area contributed by atoms with Gasteiger partial charge >= 0.3 is 6.09 Å². The van der Waals surface area contributed by atoms with Crippen LogP contribution in [0.1, 0.15) is 20.8 Å². The predicted octanol–water partition coefficient (Wildman–Crippen LogP) is 4.08. The Morgan fingerprint density at radius 2 is 1.96 bits per heavy atom. The van der Waals surface area contributed by atoms with Gasteiger partial charge in [-0.15, -0.1) is 0 Å². The number of ether oxygens (including phenoxy) is 1. The lowest BCUT2D eigenvalue weighted by Crippen LogP contribution is -2.27. The highest BCUT2D eigenvalue weighted by molar-refractivity contribution is 5.86. The van der Waals surface area contributed by atoms with Crippen molar-refractivity contribution in [1.29, 1.82) is 0 Å². The highest BCUT2D eigenvalue weighted by atomic mass is 16.6. The summed E-state index contributed by atoms with van der Waals surface area (Å²) in [6.07, 6.45) is 2.14. The summed E-state index contributed by atoms with van der Waals surface area (Å²) >= 11 is 0. The van der Waals surface area contributed by atoms with E-state index >= 15 is 0 Å². The predicted molar refractivity (Wildman–Crippen MR) is 90.5 cm³/mol. The number of carbonyl (C=O) groups is 1. The van der Waals surface area contributed by atoms with Crippen LogP contribution >= 0.6 is 0 Å². The second-order valence-corrected chi connectivity index (χ2v) is 5.98. The lowest BCUT2D eigenvalue weighted by molar-refractivity contribution is -0.384. The molecular formula is C16H18N4O4. The zero-order valence-electron chi connectivity index (χ0n) is 13.6. The van der Waals surface area contributed by atoms with Gasteiger partial charge in [-0.2, -0.15) is 0 Å². The van der Waals surface area contributed by atoms with Crippen LogP contribution in [0.5, 0.6) is 0 Å². The summed E-state index contributed by atoms with van der Waals surface area (Å²) in [5.74, 6) is 0. The van der Waals surface area contributed by atoms with E-state index in [9.17, 15) is 14.9 Å². The van der Waals surface area contributed by atoms with Crippen LogP contribution < -0.4 is 10.6 Å². The van der Waals surface area contributed by atoms with Crippen molar-refractivity contribution in [1.82, 2.24) is 4.98 Å². The summed E-state index contributed by atoms with van der Waals surface area (Å²) in [6.45, 7) is 5.31. The van der Waals surface area contributed by atoms with Crippen molar-refractivity contribution in [3.63, 3.8) is 0 Å². The lowest BCUT2D eigenvalue weighted by atomic mass is 10.2. The van der Waals surface area contributed by atoms with Gasteiger partial charge in [-0.1, -0.05) is 6.07 Å². The number of amides is 1. The average molecular weight is 330 g/mol. The van der Waals surface area contributed by atoms with Crippen LogP contribution in [0.15, 0.2) is 42.7 Å². The van der Waals surface area contributed by atoms with Gasteiger partial charge in [-0.05, 0) is 39.0 Å². The topological polar surface area (TPSA) is 106 Å². The number of hydrogen-bond donors (Lipinski definition) is 2. The van der Waals surface area contributed by atoms with E-state index in [0.29, 0.717) is 11.4 Å². The van der Waals surface area contributed by atoms with Gasteiger partial charge in [0.25, 0.3) is 5.69 Å². The van der Waals surface area contributed by atoms with E-state index in [1.807, 2.05) is 0 Å². The molecule has 0 spiro atoms. The molecule has 8 nitrogen and oxygen atoms in total. The maximum atomic E-state index is 11.8. The fourth-order valence-electron chi connectivity index (χ4n) is 1.89. The molecule has 1 heterocycles. The van der Waals surface area contributed by atoms with E-state index in [0.717, 1.165) is 0 Å². The molecule has 0 fully saturated rings. The van der Waals surface area contributed by atoms with Crippen LogP contribution in [0.25, 0.3) is 0 Å². The SMILES string of the molecule is CC(C)(C)OC(=O)Nc1cccc(Nc2cnccc2[N+](=O)[O-])c1. The number of anilines is 3. The summed E-state index contributed by atoms with van der Waals surface area (Å²) in [4.78, 5) is 26.2. The minimum absolute atomic E-state index is 0.0875. The molecule has 2 aromatic rings. The zero-order valence-corrected chi connectivity index (χ0v) is 13.6. The summed E-state index contributed by atoms with van der Waals surface area (Å²) in [7, 11) is 0. The maximum absolute atomic E-state index is 11.8. The van der Waals surface area contributed by atoms with Crippen molar-refractivity contribution in [2.45, 2.75) is 26.4 Å². The number of pyridine rings is 1. The first kappa shape index (κ1) is 17.2. The largest absolute Gasteiger partial charge is 0.444 e. The van der Waals surface area contributed by atoms with Crippen molar-refractivity contribution in [3.05, 3.63) is 52.8 Å². The van der Waals surface area contributed by atoms with Gasteiger partial charge in [0, 0.05) is 23.6 Å². The molecule has 1 aromatic heterocycles. The molecule has 8 heteroatoms. The molecule has 0 atom stereocenters. The number of hydrogen-bond acceptors (Lipinski definition) is 6. The van der Waals surface area contributed by atoms with Crippen molar-refractivity contribution in [2.75, 3.05) is 10.6 Å². The van der Waals surface area contributed by atoms with Gasteiger partial charge in [0.1, 0.15) is 11.3 Å². The Hall–Kier alpha value is -3.16. The monoisotopic (exact) mass is 330 g/mol. The molecule has 1 aromatic carbocycles. The first-order chi connectivity index (χ1) is 11.2. The minimum atomic E-state index is -0.601. The third-order valence-electron chi connectivity index (χ3n) is 2.78. The second-order valence-electron chi connectivity index (χ2n) is 5.98. The number of aromatic nitrogens is 1. The Labute approximate surface area is 139 Å². The van der Waals surface area contributed by atoms with E-state index in [4.69, 9.17) is 4.74 Å². The molecule has 0 bridgehead atoms. The maximum Gasteiger partial charge on any atom is 0.412 e. The molecule has 0 unspecified atom stereocenters. The van der Waals surface area contributed by atoms with E-state index in [1.54, 1.807) is 45.0 Å². The molecule has 1 amide bonds. The van der Waals surface area contributed by atoms with Crippen LogP contribution in [0.3, 0.4) is 0 Å². The van der Waals surface area contributed by atoms with Gasteiger partial charge in [-0.3, -0.25) is 20.4 Å². The Morgan fingerprint density at radius 3 is 2.62 bits per heavy atom. The van der Waals surface area contributed by atoms with Gasteiger partial charge in [0.2, 0.25) is 0 Å². The van der Waals surface area contributed by atoms with Gasteiger partial charge in [0.15, 0.2) is 0 Å². The molecule has 2 rings (SSSR count). The molecule has 24 heavy (non-hydrogen) atoms. The Bertz CT molecular complexity index is 756. The molecular weight excluding hydrogens is 312 g/mol. The summed E-state index contributed by atoms with van der Waals surface area (Å²) in [5, 5.41) is 16.6. The van der Waals surface area contributed by atoms with Crippen LogP contribution in [-0.2, 0) is 4.74 Å². The third-order valence-corrected chi connectivity index (χ3v) is 2.78. The van der Waals surface area contributed by atoms with E-state index in [1.165, 1.54) is 18.5 Å². The number of nitrogens with zero attached hydrogens (tertiary/aromatic N) is 2. The quantitative estimate of drug-likeness (QED) is 0.646. The van der Waals surface area contributed by atoms with Gasteiger partial charge < -0.3 is 10.1 Å². The molecule has 126 valence electrons. The van der Waals surface area contributed by atoms with Gasteiger partial charge in [-0.25, -0.2) is 4.79 Å². The van der Waals surface area contributed by atoms with Crippen LogP contribution in [-0.4, -0.2) is 21.6 Å². The van der Waals surface area contributed by atoms with E-state index in [2.05, 4.69) is 15.6 Å². The summed E-state index contributed by atoms with van der Waals surface area (Å²) < 4.78 is 5.18. The number of rotatable bonds is 4. The van der Waals surface area contributed by atoms with E-state index < -0.39 is 16.6 Å². The summed E-state index contributed by atoms with van der Waals surface area (Å²) in [6, 6.07) is 8.06. The Morgan fingerprint density at radius 1 is 1.25 bits per heavy atom. The number of nitrogens with one attached hydrogen (secondary N) is 2. The van der Waals surface area contributed by atoms with Crippen molar-refractivity contribution in [3.8, 4) is 0 Å². The van der Waals surface area contributed by atoms with E-state index in [-0.39, 0.29) is 11.4 Å². The summed E-state index contributed by atoms with van der Waals surface area (Å²) in [5.41, 5.74) is 0.642. The number of benzene rings is 1. The highest BCUT2D eigenvalue weighted by Crippen LogP contribution is 2.27. The van der Waals surface area contributed by atoms with Crippen LogP contribution in [0, 0.1) is 10.1 Å². The zero-order chi connectivity index (χ0) is 17.7. The molecule has 0 radical (unpaired) electrons. The first-order valence-electron chi connectivity index (χ1n) is 7.20. The average Bonchev–Trinajstić information content (AvgIpc) is 2.45. The minimum Gasteiger partial charge on any atom is -0.444 e.